The highest BCUT2D eigenvalue weighted by Gasteiger charge is 2.19. The van der Waals surface area contributed by atoms with Crippen molar-refractivity contribution in [1.82, 2.24) is 0 Å². The average molecular weight is 1040 g/mol. The van der Waals surface area contributed by atoms with E-state index in [-0.39, 0.29) is 37.5 Å². The van der Waals surface area contributed by atoms with Gasteiger partial charge >= 0.3 is 17.9 Å². The molecule has 0 saturated carbocycles. The van der Waals surface area contributed by atoms with Gasteiger partial charge in [-0.2, -0.15) is 0 Å². The first-order chi connectivity index (χ1) is 37.0. The van der Waals surface area contributed by atoms with Gasteiger partial charge in [-0.1, -0.05) is 258 Å². The van der Waals surface area contributed by atoms with Crippen LogP contribution in [0.1, 0.15) is 278 Å². The summed E-state index contributed by atoms with van der Waals surface area (Å²) in [4.78, 5) is 38.3. The van der Waals surface area contributed by atoms with E-state index in [0.29, 0.717) is 19.3 Å². The van der Waals surface area contributed by atoms with Crippen LogP contribution < -0.4 is 0 Å². The van der Waals surface area contributed by atoms with Gasteiger partial charge < -0.3 is 14.2 Å². The number of hydrogen-bond donors (Lipinski definition) is 0. The Morgan fingerprint density at radius 1 is 0.280 bits per heavy atom. The van der Waals surface area contributed by atoms with Crippen LogP contribution in [0.4, 0.5) is 0 Å². The number of carbonyl (C=O) groups excluding carboxylic acids is 3. The molecule has 426 valence electrons. The van der Waals surface area contributed by atoms with Crippen molar-refractivity contribution in [3.63, 3.8) is 0 Å². The Morgan fingerprint density at radius 3 is 0.893 bits per heavy atom. The van der Waals surface area contributed by atoms with E-state index < -0.39 is 6.10 Å². The zero-order valence-electron chi connectivity index (χ0n) is 48.8. The standard InChI is InChI=1S/C69H114O6/c1-4-7-10-13-16-19-22-25-28-31-34-37-40-43-46-49-52-55-58-61-67(70)73-64-66(75-69(72)63-60-57-54-51-48-45-42-39-36-33-30-27-24-21-18-15-12-9-6-3)65-74-68(71)62-59-56-53-50-47-44-41-38-35-32-29-26-23-20-17-14-11-8-5-2/h7,10,16-21,25-30,34,37,43,46,52,55,66H,4-6,8-9,11-15,22-24,31-33,35-36,38-42,44-45,47-51,53-54,56-65H2,1-3H3/b10-7-,19-16-,20-17-,21-18-,28-25-,29-26-,30-27-,37-34-,46-43-,55-52-. The van der Waals surface area contributed by atoms with E-state index in [1.54, 1.807) is 0 Å². The Hall–Kier alpha value is -4.19. The fourth-order valence-corrected chi connectivity index (χ4v) is 8.29. The van der Waals surface area contributed by atoms with Gasteiger partial charge in [0.2, 0.25) is 0 Å². The molecule has 0 bridgehead atoms. The van der Waals surface area contributed by atoms with Crippen molar-refractivity contribution in [2.45, 2.75) is 284 Å². The number of hydrogen-bond acceptors (Lipinski definition) is 6. The SMILES string of the molecule is CC/C=C\C/C=C\C/C=C\C/C=C\C/C=C\C/C=C\CCC(=O)OCC(COC(=O)CCCCCCCCCCC/C=C\C/C=C\CCCCC)OC(=O)CCCCCCCCCCC/C=C\C/C=C\CCCCC. The first-order valence-electron chi connectivity index (χ1n) is 31.0. The fourth-order valence-electron chi connectivity index (χ4n) is 8.29. The highest BCUT2D eigenvalue weighted by atomic mass is 16.6. The Kier molecular flexibility index (Phi) is 58.9. The van der Waals surface area contributed by atoms with E-state index in [9.17, 15) is 14.4 Å². The maximum Gasteiger partial charge on any atom is 0.306 e. The van der Waals surface area contributed by atoms with Crippen molar-refractivity contribution in [2.75, 3.05) is 13.2 Å². The molecule has 0 spiro atoms. The maximum atomic E-state index is 12.9. The molecule has 0 aliphatic carbocycles. The van der Waals surface area contributed by atoms with Gasteiger partial charge in [-0.3, -0.25) is 14.4 Å². The zero-order valence-corrected chi connectivity index (χ0v) is 48.8. The van der Waals surface area contributed by atoms with Crippen LogP contribution in [0.5, 0.6) is 0 Å². The van der Waals surface area contributed by atoms with Crippen LogP contribution in [0, 0.1) is 0 Å². The fraction of sp³-hybridized carbons (Fsp3) is 0.667. The van der Waals surface area contributed by atoms with Gasteiger partial charge in [0.25, 0.3) is 0 Å². The van der Waals surface area contributed by atoms with Crippen molar-refractivity contribution < 1.29 is 28.6 Å². The zero-order chi connectivity index (χ0) is 54.3. The summed E-state index contributed by atoms with van der Waals surface area (Å²) < 4.78 is 16.8. The van der Waals surface area contributed by atoms with E-state index in [1.807, 2.05) is 6.08 Å². The second-order valence-corrected chi connectivity index (χ2v) is 20.2. The molecule has 1 unspecified atom stereocenters. The highest BCUT2D eigenvalue weighted by molar-refractivity contribution is 5.71. The summed E-state index contributed by atoms with van der Waals surface area (Å²) in [5.74, 6) is -1.000. The minimum atomic E-state index is -0.817. The monoisotopic (exact) mass is 1040 g/mol. The molecule has 0 saturated heterocycles. The number of carbonyl (C=O) groups is 3. The number of unbranched alkanes of at least 4 members (excludes halogenated alkanes) is 24. The summed E-state index contributed by atoms with van der Waals surface area (Å²) in [6.07, 6.45) is 86.3. The number of ether oxygens (including phenoxy) is 3. The molecule has 75 heavy (non-hydrogen) atoms. The third kappa shape index (κ3) is 60.6. The second kappa shape index (κ2) is 62.4. The number of esters is 3. The van der Waals surface area contributed by atoms with E-state index in [4.69, 9.17) is 14.2 Å². The third-order valence-electron chi connectivity index (χ3n) is 12.9. The molecule has 1 atom stereocenters. The van der Waals surface area contributed by atoms with Crippen LogP contribution in [-0.2, 0) is 28.6 Å². The molecule has 0 aromatic heterocycles. The van der Waals surface area contributed by atoms with Crippen molar-refractivity contribution in [1.29, 1.82) is 0 Å². The summed E-state index contributed by atoms with van der Waals surface area (Å²) in [5.41, 5.74) is 0. The number of allylic oxidation sites excluding steroid dienone is 20. The van der Waals surface area contributed by atoms with Gasteiger partial charge in [0.1, 0.15) is 13.2 Å². The highest BCUT2D eigenvalue weighted by Crippen LogP contribution is 2.15. The first kappa shape index (κ1) is 70.8. The van der Waals surface area contributed by atoms with Gasteiger partial charge in [-0.15, -0.1) is 0 Å². The largest absolute Gasteiger partial charge is 0.462 e. The van der Waals surface area contributed by atoms with Crippen LogP contribution in [-0.4, -0.2) is 37.2 Å². The van der Waals surface area contributed by atoms with E-state index in [0.717, 1.165) is 89.9 Å². The topological polar surface area (TPSA) is 78.9 Å². The van der Waals surface area contributed by atoms with Crippen molar-refractivity contribution in [2.24, 2.45) is 0 Å². The molecule has 6 nitrogen and oxygen atoms in total. The van der Waals surface area contributed by atoms with Crippen LogP contribution in [0.15, 0.2) is 122 Å². The Balaban J connectivity index is 4.51. The summed E-state index contributed by atoms with van der Waals surface area (Å²) in [7, 11) is 0. The van der Waals surface area contributed by atoms with Crippen molar-refractivity contribution >= 4 is 17.9 Å². The van der Waals surface area contributed by atoms with E-state index in [1.165, 1.54) is 141 Å². The molecular formula is C69H114O6. The summed E-state index contributed by atoms with van der Waals surface area (Å²) in [5, 5.41) is 0. The molecule has 0 N–H and O–H groups in total. The second-order valence-electron chi connectivity index (χ2n) is 20.2. The predicted octanol–water partition coefficient (Wildman–Crippen LogP) is 21.2. The molecule has 0 aliphatic heterocycles. The maximum absolute atomic E-state index is 12.9. The molecule has 0 radical (unpaired) electrons. The smallest absolute Gasteiger partial charge is 0.306 e. The van der Waals surface area contributed by atoms with Crippen LogP contribution >= 0.6 is 0 Å². The Morgan fingerprint density at radius 2 is 0.547 bits per heavy atom. The lowest BCUT2D eigenvalue weighted by Gasteiger charge is -2.18. The van der Waals surface area contributed by atoms with E-state index >= 15 is 0 Å². The predicted molar refractivity (Wildman–Crippen MR) is 325 cm³/mol. The molecule has 6 heteroatoms. The number of rotatable bonds is 55. The van der Waals surface area contributed by atoms with Crippen molar-refractivity contribution in [3.8, 4) is 0 Å². The summed E-state index contributed by atoms with van der Waals surface area (Å²) >= 11 is 0. The van der Waals surface area contributed by atoms with Crippen LogP contribution in [0.25, 0.3) is 0 Å². The van der Waals surface area contributed by atoms with Gasteiger partial charge in [0.05, 0.1) is 0 Å². The summed E-state index contributed by atoms with van der Waals surface area (Å²) in [6.45, 7) is 6.42. The molecule has 0 fully saturated rings. The molecule has 0 amide bonds. The molecule has 0 rings (SSSR count). The van der Waals surface area contributed by atoms with Crippen molar-refractivity contribution in [3.05, 3.63) is 122 Å². The minimum Gasteiger partial charge on any atom is -0.462 e. The quantitative estimate of drug-likeness (QED) is 0.0261. The molecular weight excluding hydrogens is 925 g/mol. The lowest BCUT2D eigenvalue weighted by Crippen LogP contribution is -2.30. The van der Waals surface area contributed by atoms with Crippen LogP contribution in [0.3, 0.4) is 0 Å². The molecule has 0 aromatic carbocycles. The third-order valence-corrected chi connectivity index (χ3v) is 12.9. The Bertz CT molecular complexity index is 1570. The lowest BCUT2D eigenvalue weighted by molar-refractivity contribution is -0.166. The van der Waals surface area contributed by atoms with Crippen LogP contribution in [0.2, 0.25) is 0 Å². The lowest BCUT2D eigenvalue weighted by atomic mass is 10.1. The minimum absolute atomic E-state index is 0.107. The average Bonchev–Trinajstić information content (AvgIpc) is 3.41. The van der Waals surface area contributed by atoms with Gasteiger partial charge in [-0.25, -0.2) is 0 Å². The van der Waals surface area contributed by atoms with Gasteiger partial charge in [0, 0.05) is 19.3 Å². The van der Waals surface area contributed by atoms with Gasteiger partial charge in [-0.05, 0) is 122 Å². The van der Waals surface area contributed by atoms with E-state index in [2.05, 4.69) is 136 Å². The van der Waals surface area contributed by atoms with Gasteiger partial charge in [0.15, 0.2) is 6.10 Å². The molecule has 0 heterocycles. The first-order valence-corrected chi connectivity index (χ1v) is 31.0. The normalized spacial score (nSPS) is 12.9. The molecule has 0 aromatic rings. The Labute approximate surface area is 462 Å². The summed E-state index contributed by atoms with van der Waals surface area (Å²) in [6, 6.07) is 0. The molecule has 0 aliphatic rings.